The van der Waals surface area contributed by atoms with Gasteiger partial charge in [0.1, 0.15) is 5.01 Å². The first-order chi connectivity index (χ1) is 28.3. The van der Waals surface area contributed by atoms with Crippen molar-refractivity contribution in [3.63, 3.8) is 0 Å². The van der Waals surface area contributed by atoms with E-state index in [1.165, 1.54) is 69.0 Å². The van der Waals surface area contributed by atoms with Crippen LogP contribution in [0.2, 0.25) is 0 Å². The molecule has 0 atom stereocenters. The number of rotatable bonds is 7. The lowest BCUT2D eigenvalue weighted by Crippen LogP contribution is -2.11. The molecule has 0 aliphatic rings. The number of para-hydroxylation sites is 1. The zero-order chi connectivity index (χ0) is 37.7. The van der Waals surface area contributed by atoms with Crippen molar-refractivity contribution >= 4 is 80.9 Å². The molecule has 2 heterocycles. The molecule has 4 heteroatoms. The summed E-state index contributed by atoms with van der Waals surface area (Å²) in [5.74, 6) is 0. The van der Waals surface area contributed by atoms with Crippen molar-refractivity contribution < 1.29 is 0 Å². The molecule has 2 aromatic heterocycles. The molecule has 0 radical (unpaired) electrons. The molecular formula is C53H34N2S2. The van der Waals surface area contributed by atoms with Crippen molar-refractivity contribution in [1.29, 1.82) is 0 Å². The molecule has 11 aromatic rings. The van der Waals surface area contributed by atoms with Gasteiger partial charge >= 0.3 is 0 Å². The van der Waals surface area contributed by atoms with Gasteiger partial charge in [0.25, 0.3) is 0 Å². The maximum absolute atomic E-state index is 5.06. The highest BCUT2D eigenvalue weighted by atomic mass is 32.1. The Labute approximate surface area is 339 Å². The minimum atomic E-state index is 1.05. The lowest BCUT2D eigenvalue weighted by atomic mass is 9.92. The minimum absolute atomic E-state index is 1.05. The van der Waals surface area contributed by atoms with Crippen molar-refractivity contribution in [2.45, 2.75) is 0 Å². The van der Waals surface area contributed by atoms with E-state index in [0.29, 0.717) is 0 Å². The van der Waals surface area contributed by atoms with Gasteiger partial charge in [-0.3, -0.25) is 0 Å². The number of benzene rings is 9. The van der Waals surface area contributed by atoms with Crippen LogP contribution in [-0.2, 0) is 0 Å². The molecule has 0 aliphatic heterocycles. The average molecular weight is 763 g/mol. The first-order valence-corrected chi connectivity index (χ1v) is 20.8. The highest BCUT2D eigenvalue weighted by Crippen LogP contribution is 2.47. The van der Waals surface area contributed by atoms with Crippen LogP contribution in [0.4, 0.5) is 17.1 Å². The molecule has 11 rings (SSSR count). The standard InChI is InChI=1S/C53H34N2S2/c1-4-14-35(15-5-1)41-30-31-42(45-22-11-10-21-44(41)45)37-24-26-39(27-25-37)55(48-23-13-12-20-43(48)36-16-6-2-7-17-36)40-28-29-46-50(34-40)56-49-33-32-47-52(51(46)49)57-53(54-47)38-18-8-3-9-19-38/h1-34H. The number of thiophene rings is 1. The van der Waals surface area contributed by atoms with E-state index in [-0.39, 0.29) is 0 Å². The molecule has 0 saturated carbocycles. The van der Waals surface area contributed by atoms with Gasteiger partial charge in [0.05, 0.1) is 15.9 Å². The van der Waals surface area contributed by atoms with Gasteiger partial charge in [-0.25, -0.2) is 4.98 Å². The third-order valence-corrected chi connectivity index (χ3v) is 13.2. The molecule has 0 unspecified atom stereocenters. The fourth-order valence-corrected chi connectivity index (χ4v) is 10.6. The van der Waals surface area contributed by atoms with Gasteiger partial charge in [-0.15, -0.1) is 22.7 Å². The number of thiazole rings is 1. The Kier molecular flexibility index (Phi) is 8.24. The van der Waals surface area contributed by atoms with Crippen LogP contribution in [0.25, 0.3) is 85.1 Å². The van der Waals surface area contributed by atoms with Crippen molar-refractivity contribution in [3.05, 3.63) is 206 Å². The molecule has 57 heavy (non-hydrogen) atoms. The third kappa shape index (κ3) is 5.89. The smallest absolute Gasteiger partial charge is 0.124 e. The summed E-state index contributed by atoms with van der Waals surface area (Å²) in [4.78, 5) is 7.48. The highest BCUT2D eigenvalue weighted by Gasteiger charge is 2.20. The largest absolute Gasteiger partial charge is 0.310 e. The van der Waals surface area contributed by atoms with Gasteiger partial charge in [-0.1, -0.05) is 164 Å². The number of nitrogens with zero attached hydrogens (tertiary/aromatic N) is 2. The van der Waals surface area contributed by atoms with Crippen LogP contribution in [-0.4, -0.2) is 4.98 Å². The number of fused-ring (bicyclic) bond motifs is 6. The molecule has 2 nitrogen and oxygen atoms in total. The van der Waals surface area contributed by atoms with Gasteiger partial charge in [-0.05, 0) is 81.1 Å². The van der Waals surface area contributed by atoms with Crippen molar-refractivity contribution in [1.82, 2.24) is 4.98 Å². The van der Waals surface area contributed by atoms with Crippen LogP contribution in [0.1, 0.15) is 0 Å². The van der Waals surface area contributed by atoms with Crippen LogP contribution in [0, 0.1) is 0 Å². The summed E-state index contributed by atoms with van der Waals surface area (Å²) in [6.45, 7) is 0. The lowest BCUT2D eigenvalue weighted by molar-refractivity contribution is 1.29. The summed E-state index contributed by atoms with van der Waals surface area (Å²) in [5, 5.41) is 6.13. The van der Waals surface area contributed by atoms with E-state index < -0.39 is 0 Å². The topological polar surface area (TPSA) is 16.1 Å². The maximum atomic E-state index is 5.06. The predicted octanol–water partition coefficient (Wildman–Crippen LogP) is 16.0. The summed E-state index contributed by atoms with van der Waals surface area (Å²) in [5.41, 5.74) is 12.8. The zero-order valence-corrected chi connectivity index (χ0v) is 32.5. The predicted molar refractivity (Wildman–Crippen MR) is 246 cm³/mol. The Balaban J connectivity index is 1.05. The van der Waals surface area contributed by atoms with Crippen molar-refractivity contribution in [2.24, 2.45) is 0 Å². The van der Waals surface area contributed by atoms with E-state index >= 15 is 0 Å². The Hall–Kier alpha value is -6.85. The fraction of sp³-hybridized carbons (Fsp3) is 0. The quantitative estimate of drug-likeness (QED) is 0.161. The van der Waals surface area contributed by atoms with Crippen LogP contribution in [0.5, 0.6) is 0 Å². The average Bonchev–Trinajstić information content (AvgIpc) is 3.89. The first-order valence-electron chi connectivity index (χ1n) is 19.2. The summed E-state index contributed by atoms with van der Waals surface area (Å²) in [7, 11) is 0. The molecule has 0 aliphatic carbocycles. The number of hydrogen-bond donors (Lipinski definition) is 0. The van der Waals surface area contributed by atoms with E-state index in [1.54, 1.807) is 11.3 Å². The SMILES string of the molecule is c1ccc(-c2nc3ccc4sc5cc(N(c6ccc(-c7ccc(-c8ccccc8)c8ccccc78)cc6)c6ccccc6-c6ccccc6)ccc5c4c3s2)cc1. The fourth-order valence-electron chi connectivity index (χ4n) is 8.25. The molecular weight excluding hydrogens is 729 g/mol. The molecule has 0 saturated heterocycles. The third-order valence-electron chi connectivity index (χ3n) is 10.9. The molecule has 0 spiro atoms. The monoisotopic (exact) mass is 762 g/mol. The van der Waals surface area contributed by atoms with Crippen LogP contribution < -0.4 is 4.90 Å². The number of aromatic nitrogens is 1. The molecule has 0 fully saturated rings. The Bertz CT molecular complexity index is 3220. The van der Waals surface area contributed by atoms with Gasteiger partial charge in [0.2, 0.25) is 0 Å². The second kappa shape index (κ2) is 14.0. The highest BCUT2D eigenvalue weighted by molar-refractivity contribution is 7.28. The molecule has 0 amide bonds. The first kappa shape index (κ1) is 33.5. The summed E-state index contributed by atoms with van der Waals surface area (Å²) in [6, 6.07) is 74.5. The van der Waals surface area contributed by atoms with E-state index in [2.05, 4.69) is 211 Å². The second-order valence-corrected chi connectivity index (χ2v) is 16.4. The van der Waals surface area contributed by atoms with Gasteiger partial charge < -0.3 is 4.90 Å². The van der Waals surface area contributed by atoms with Crippen LogP contribution in [0.15, 0.2) is 206 Å². The van der Waals surface area contributed by atoms with Crippen LogP contribution >= 0.6 is 22.7 Å². The number of hydrogen-bond acceptors (Lipinski definition) is 4. The summed E-state index contributed by atoms with van der Waals surface area (Å²) < 4.78 is 3.79. The van der Waals surface area contributed by atoms with Gasteiger partial charge in [0.15, 0.2) is 0 Å². The normalized spacial score (nSPS) is 11.5. The second-order valence-electron chi connectivity index (χ2n) is 14.3. The molecule has 9 aromatic carbocycles. The van der Waals surface area contributed by atoms with Gasteiger partial charge in [0, 0.05) is 42.7 Å². The molecule has 0 N–H and O–H groups in total. The lowest BCUT2D eigenvalue weighted by Gasteiger charge is -2.28. The van der Waals surface area contributed by atoms with E-state index in [0.717, 1.165) is 33.1 Å². The Morgan fingerprint density at radius 3 is 1.61 bits per heavy atom. The molecule has 0 bridgehead atoms. The maximum Gasteiger partial charge on any atom is 0.124 e. The van der Waals surface area contributed by atoms with E-state index in [9.17, 15) is 0 Å². The Morgan fingerprint density at radius 2 is 0.930 bits per heavy atom. The van der Waals surface area contributed by atoms with Crippen molar-refractivity contribution in [3.8, 4) is 44.0 Å². The molecule has 268 valence electrons. The zero-order valence-electron chi connectivity index (χ0n) is 30.8. The summed E-state index contributed by atoms with van der Waals surface area (Å²) >= 11 is 3.64. The summed E-state index contributed by atoms with van der Waals surface area (Å²) in [6.07, 6.45) is 0. The van der Waals surface area contributed by atoms with Gasteiger partial charge in [-0.2, -0.15) is 0 Å². The minimum Gasteiger partial charge on any atom is -0.310 e. The van der Waals surface area contributed by atoms with E-state index in [1.807, 2.05) is 11.3 Å². The van der Waals surface area contributed by atoms with Crippen LogP contribution in [0.3, 0.4) is 0 Å². The van der Waals surface area contributed by atoms with E-state index in [4.69, 9.17) is 4.98 Å². The van der Waals surface area contributed by atoms with Crippen molar-refractivity contribution in [2.75, 3.05) is 4.90 Å². The number of anilines is 3. The Morgan fingerprint density at radius 1 is 0.368 bits per heavy atom.